The summed E-state index contributed by atoms with van der Waals surface area (Å²) in [5, 5.41) is 1.30. The highest BCUT2D eigenvalue weighted by atomic mass is 32.2. The number of rotatable bonds is 2. The van der Waals surface area contributed by atoms with Crippen molar-refractivity contribution in [1.82, 2.24) is 4.72 Å². The fourth-order valence-electron chi connectivity index (χ4n) is 2.10. The summed E-state index contributed by atoms with van der Waals surface area (Å²) in [4.78, 5) is 12.8. The van der Waals surface area contributed by atoms with Gasteiger partial charge in [0.05, 0.1) is 4.90 Å². The van der Waals surface area contributed by atoms with Gasteiger partial charge < -0.3 is 0 Å². The molecule has 18 heavy (non-hydrogen) atoms. The van der Waals surface area contributed by atoms with Crippen molar-refractivity contribution in [3.05, 3.63) is 35.9 Å². The van der Waals surface area contributed by atoms with Crippen molar-refractivity contribution in [3.8, 4) is 0 Å². The van der Waals surface area contributed by atoms with Crippen molar-refractivity contribution in [3.63, 3.8) is 0 Å². The second kappa shape index (κ2) is 3.81. The van der Waals surface area contributed by atoms with E-state index in [0.717, 1.165) is 22.0 Å². The molecule has 6 heteroatoms. The predicted molar refractivity (Wildman–Crippen MR) is 70.4 cm³/mol. The van der Waals surface area contributed by atoms with E-state index < -0.39 is 10.0 Å². The number of hydrogen-bond acceptors (Lipinski definition) is 4. The summed E-state index contributed by atoms with van der Waals surface area (Å²) < 4.78 is 26.2. The smallest absolute Gasteiger partial charge is 0.240 e. The van der Waals surface area contributed by atoms with Crippen LogP contribution in [0, 0.1) is 0 Å². The van der Waals surface area contributed by atoms with Gasteiger partial charge in [-0.05, 0) is 37.0 Å². The Morgan fingerprint density at radius 2 is 1.94 bits per heavy atom. The molecule has 2 aromatic rings. The van der Waals surface area contributed by atoms with Gasteiger partial charge >= 0.3 is 0 Å². The maximum atomic E-state index is 11.9. The lowest BCUT2D eigenvalue weighted by atomic mass is 10.1. The van der Waals surface area contributed by atoms with E-state index in [2.05, 4.69) is 4.72 Å². The van der Waals surface area contributed by atoms with Crippen LogP contribution in [0.25, 0.3) is 10.8 Å². The van der Waals surface area contributed by atoms with Gasteiger partial charge in [-0.15, -0.1) is 0 Å². The second-order valence-corrected chi connectivity index (χ2v) is 6.76. The molecule has 0 radical (unpaired) electrons. The van der Waals surface area contributed by atoms with Gasteiger partial charge in [0.15, 0.2) is 0 Å². The Hall–Kier alpha value is -1.37. The molecule has 4 nitrogen and oxygen atoms in total. The first-order valence-electron chi connectivity index (χ1n) is 5.26. The van der Waals surface area contributed by atoms with Crippen LogP contribution in [0.3, 0.4) is 0 Å². The van der Waals surface area contributed by atoms with Crippen LogP contribution in [0.4, 0.5) is 0 Å². The van der Waals surface area contributed by atoms with Gasteiger partial charge in [-0.3, -0.25) is 4.79 Å². The molecule has 2 aromatic carbocycles. The van der Waals surface area contributed by atoms with Gasteiger partial charge in [-0.1, -0.05) is 12.1 Å². The second-order valence-electron chi connectivity index (χ2n) is 3.89. The number of carbonyl (C=O) groups is 1. The van der Waals surface area contributed by atoms with E-state index in [0.29, 0.717) is 10.9 Å². The number of benzene rings is 2. The number of nitrogens with one attached hydrogen (secondary N) is 1. The molecule has 0 atom stereocenters. The van der Waals surface area contributed by atoms with Crippen molar-refractivity contribution < 1.29 is 13.2 Å². The Balaban J connectivity index is 2.47. The molecule has 0 amide bonds. The van der Waals surface area contributed by atoms with Crippen LogP contribution in [0.5, 0.6) is 0 Å². The minimum Gasteiger partial charge on any atom is -0.281 e. The highest BCUT2D eigenvalue weighted by Crippen LogP contribution is 2.42. The number of thioether (sulfide) groups is 1. The third kappa shape index (κ3) is 1.50. The first-order valence-corrected chi connectivity index (χ1v) is 7.56. The first-order chi connectivity index (χ1) is 8.54. The quantitative estimate of drug-likeness (QED) is 0.913. The Morgan fingerprint density at radius 3 is 2.67 bits per heavy atom. The summed E-state index contributed by atoms with van der Waals surface area (Å²) in [6.07, 6.45) is 0. The lowest BCUT2D eigenvalue weighted by molar-refractivity contribution is 0.109. The highest BCUT2D eigenvalue weighted by molar-refractivity contribution is 8.14. The number of sulfonamides is 1. The molecule has 1 aliphatic heterocycles. The Bertz CT molecular complexity index is 781. The number of hydrogen-bond donors (Lipinski definition) is 1. The van der Waals surface area contributed by atoms with Gasteiger partial charge in [0.1, 0.15) is 0 Å². The van der Waals surface area contributed by atoms with Crippen LogP contribution >= 0.6 is 11.8 Å². The van der Waals surface area contributed by atoms with E-state index in [1.165, 1.54) is 7.05 Å². The van der Waals surface area contributed by atoms with Crippen molar-refractivity contribution in [2.75, 3.05) is 7.05 Å². The van der Waals surface area contributed by atoms with Crippen LogP contribution in [-0.2, 0) is 10.0 Å². The molecule has 0 fully saturated rings. The van der Waals surface area contributed by atoms with Crippen molar-refractivity contribution in [2.24, 2.45) is 0 Å². The van der Waals surface area contributed by atoms with Crippen molar-refractivity contribution >= 4 is 37.7 Å². The van der Waals surface area contributed by atoms with Crippen LogP contribution in [0.15, 0.2) is 40.1 Å². The van der Waals surface area contributed by atoms with E-state index >= 15 is 0 Å². The van der Waals surface area contributed by atoms with Gasteiger partial charge in [-0.25, -0.2) is 13.1 Å². The van der Waals surface area contributed by atoms with E-state index in [4.69, 9.17) is 0 Å². The fourth-order valence-corrected chi connectivity index (χ4v) is 3.97. The molecular weight excluding hydrogens is 270 g/mol. The topological polar surface area (TPSA) is 63.2 Å². The zero-order valence-electron chi connectivity index (χ0n) is 9.43. The maximum Gasteiger partial charge on any atom is 0.240 e. The van der Waals surface area contributed by atoms with Gasteiger partial charge in [0, 0.05) is 21.2 Å². The average Bonchev–Trinajstić information content (AvgIpc) is 2.69. The summed E-state index contributed by atoms with van der Waals surface area (Å²) in [7, 11) is -2.15. The zero-order chi connectivity index (χ0) is 12.9. The van der Waals surface area contributed by atoms with Crippen LogP contribution in [0.2, 0.25) is 0 Å². The first kappa shape index (κ1) is 11.7. The van der Waals surface area contributed by atoms with Gasteiger partial charge in [0.25, 0.3) is 0 Å². The molecule has 1 heterocycles. The fraction of sp³-hybridized carbons (Fsp3) is 0.0833. The lowest BCUT2D eigenvalue weighted by Gasteiger charge is -2.07. The molecule has 0 saturated carbocycles. The number of carbonyl (C=O) groups excluding carboxylic acids is 1. The molecule has 1 aliphatic rings. The van der Waals surface area contributed by atoms with E-state index in [-0.39, 0.29) is 10.0 Å². The Kier molecular flexibility index (Phi) is 2.48. The van der Waals surface area contributed by atoms with E-state index in [1.807, 2.05) is 0 Å². The summed E-state index contributed by atoms with van der Waals surface area (Å²) in [5.74, 6) is 0. The van der Waals surface area contributed by atoms with Gasteiger partial charge in [-0.2, -0.15) is 0 Å². The van der Waals surface area contributed by atoms with Crippen molar-refractivity contribution in [2.45, 2.75) is 9.79 Å². The van der Waals surface area contributed by atoms with Crippen LogP contribution in [0.1, 0.15) is 10.4 Å². The summed E-state index contributed by atoms with van der Waals surface area (Å²) in [6, 6.07) is 8.39. The standard InChI is InChI=1S/C12H9NO3S2/c1-13-18(15,16)10-6-5-9-11-7(10)3-2-4-8(11)12(14)17-9/h2-6,13H,1H3. The summed E-state index contributed by atoms with van der Waals surface area (Å²) >= 11 is 1.14. The molecule has 0 saturated heterocycles. The van der Waals surface area contributed by atoms with Crippen molar-refractivity contribution in [1.29, 1.82) is 0 Å². The monoisotopic (exact) mass is 279 g/mol. The Morgan fingerprint density at radius 1 is 1.17 bits per heavy atom. The van der Waals surface area contributed by atoms with Crippen LogP contribution in [-0.4, -0.2) is 20.6 Å². The minimum atomic E-state index is -3.52. The third-order valence-electron chi connectivity index (χ3n) is 2.94. The van der Waals surface area contributed by atoms with Gasteiger partial charge in [0.2, 0.25) is 15.1 Å². The molecule has 0 aromatic heterocycles. The largest absolute Gasteiger partial charge is 0.281 e. The normalized spacial score (nSPS) is 14.4. The molecular formula is C12H9NO3S2. The molecule has 0 unspecified atom stereocenters. The molecule has 0 aliphatic carbocycles. The molecule has 0 bridgehead atoms. The molecule has 92 valence electrons. The third-order valence-corrected chi connectivity index (χ3v) is 5.38. The molecule has 0 spiro atoms. The SMILES string of the molecule is CNS(=O)(=O)c1ccc2c3c(cccc13)C(=O)S2. The Labute approximate surface area is 108 Å². The van der Waals surface area contributed by atoms with E-state index in [1.54, 1.807) is 30.3 Å². The summed E-state index contributed by atoms with van der Waals surface area (Å²) in [5.41, 5.74) is 0.584. The van der Waals surface area contributed by atoms with E-state index in [9.17, 15) is 13.2 Å². The zero-order valence-corrected chi connectivity index (χ0v) is 11.1. The molecule has 3 rings (SSSR count). The predicted octanol–water partition coefficient (Wildman–Crippen LogP) is 1.99. The molecule has 1 N–H and O–H groups in total. The van der Waals surface area contributed by atoms with Crippen LogP contribution < -0.4 is 4.72 Å². The average molecular weight is 279 g/mol. The minimum absolute atomic E-state index is 0.0328. The lowest BCUT2D eigenvalue weighted by Crippen LogP contribution is -2.18. The maximum absolute atomic E-state index is 11.9. The summed E-state index contributed by atoms with van der Waals surface area (Å²) in [6.45, 7) is 0. The highest BCUT2D eigenvalue weighted by Gasteiger charge is 2.26.